The molecule has 0 saturated carbocycles. The molecule has 5 nitrogen and oxygen atoms in total. The second-order valence-electron chi connectivity index (χ2n) is 4.31. The van der Waals surface area contributed by atoms with Gasteiger partial charge in [0.1, 0.15) is 6.10 Å². The molecular weight excluding hydrogens is 321 g/mol. The second-order valence-corrected chi connectivity index (χ2v) is 5.26. The second kappa shape index (κ2) is 9.52. The fraction of sp³-hybridized carbons (Fsp3) is 0.667. The van der Waals surface area contributed by atoms with E-state index in [-0.39, 0.29) is 42.9 Å². The van der Waals surface area contributed by atoms with Crippen molar-refractivity contribution in [3.63, 3.8) is 0 Å². The summed E-state index contributed by atoms with van der Waals surface area (Å²) in [5.41, 5.74) is 0.925. The van der Waals surface area contributed by atoms with Crippen LogP contribution in [0.4, 0.5) is 0 Å². The average molecular weight is 342 g/mol. The molecule has 20 heavy (non-hydrogen) atoms. The van der Waals surface area contributed by atoms with Crippen LogP contribution in [0.2, 0.25) is 0 Å². The first-order valence-corrected chi connectivity index (χ1v) is 7.15. The SMILES string of the molecule is CCc1nc(C(C)NC(=O)C2CNCCO2)cs1.Cl.Cl. The normalized spacial score (nSPS) is 19.4. The van der Waals surface area contributed by atoms with Gasteiger partial charge in [0.25, 0.3) is 5.91 Å². The minimum absolute atomic E-state index is 0. The predicted molar refractivity (Wildman–Crippen MR) is 85.2 cm³/mol. The number of nitrogens with zero attached hydrogens (tertiary/aromatic N) is 1. The van der Waals surface area contributed by atoms with E-state index in [1.165, 1.54) is 0 Å². The lowest BCUT2D eigenvalue weighted by atomic mass is 10.2. The first-order valence-electron chi connectivity index (χ1n) is 6.27. The zero-order valence-electron chi connectivity index (χ0n) is 11.5. The molecule has 116 valence electrons. The molecule has 2 heterocycles. The number of rotatable bonds is 4. The van der Waals surface area contributed by atoms with E-state index in [0.29, 0.717) is 13.2 Å². The summed E-state index contributed by atoms with van der Waals surface area (Å²) in [6, 6.07) is -0.0698. The van der Waals surface area contributed by atoms with Crippen molar-refractivity contribution in [1.29, 1.82) is 0 Å². The van der Waals surface area contributed by atoms with E-state index in [1.807, 2.05) is 12.3 Å². The van der Waals surface area contributed by atoms with E-state index in [2.05, 4.69) is 22.5 Å². The first kappa shape index (κ1) is 19.6. The van der Waals surface area contributed by atoms with Gasteiger partial charge in [0.2, 0.25) is 0 Å². The molecule has 2 unspecified atom stereocenters. The van der Waals surface area contributed by atoms with Gasteiger partial charge in [0, 0.05) is 18.5 Å². The summed E-state index contributed by atoms with van der Waals surface area (Å²) in [4.78, 5) is 16.4. The predicted octanol–water partition coefficient (Wildman–Crippen LogP) is 1.71. The largest absolute Gasteiger partial charge is 0.366 e. The molecule has 0 radical (unpaired) electrons. The number of aryl methyl sites for hydroxylation is 1. The Kier molecular flexibility index (Phi) is 9.33. The van der Waals surface area contributed by atoms with Crippen LogP contribution >= 0.6 is 36.2 Å². The Labute approximate surface area is 135 Å². The molecule has 2 N–H and O–H groups in total. The maximum absolute atomic E-state index is 12.0. The molecule has 1 aromatic rings. The lowest BCUT2D eigenvalue weighted by Gasteiger charge is -2.24. The van der Waals surface area contributed by atoms with Crippen LogP contribution in [0.1, 0.15) is 30.6 Å². The first-order chi connectivity index (χ1) is 8.70. The van der Waals surface area contributed by atoms with E-state index < -0.39 is 0 Å². The van der Waals surface area contributed by atoms with Crippen molar-refractivity contribution >= 4 is 42.1 Å². The Morgan fingerprint density at radius 2 is 2.40 bits per heavy atom. The number of amides is 1. The average Bonchev–Trinajstić information content (AvgIpc) is 2.88. The molecule has 1 aliphatic rings. The van der Waals surface area contributed by atoms with Crippen molar-refractivity contribution in [3.05, 3.63) is 16.1 Å². The Hall–Kier alpha value is -0.400. The Morgan fingerprint density at radius 3 is 2.95 bits per heavy atom. The highest BCUT2D eigenvalue weighted by Gasteiger charge is 2.23. The van der Waals surface area contributed by atoms with E-state index in [0.717, 1.165) is 23.7 Å². The molecule has 0 bridgehead atoms. The molecule has 1 aromatic heterocycles. The molecular formula is C12H21Cl2N3O2S. The molecule has 1 fully saturated rings. The van der Waals surface area contributed by atoms with Crippen LogP contribution < -0.4 is 10.6 Å². The van der Waals surface area contributed by atoms with Gasteiger partial charge in [-0.25, -0.2) is 4.98 Å². The summed E-state index contributed by atoms with van der Waals surface area (Å²) >= 11 is 1.63. The summed E-state index contributed by atoms with van der Waals surface area (Å²) in [5, 5.41) is 9.19. The van der Waals surface area contributed by atoms with Gasteiger partial charge in [-0.1, -0.05) is 6.92 Å². The molecule has 1 amide bonds. The Balaban J connectivity index is 0.00000180. The standard InChI is InChI=1S/C12H19N3O2S.2ClH/c1-3-11-15-9(7-18-11)8(2)14-12(16)10-6-13-4-5-17-10;;/h7-8,10,13H,3-6H2,1-2H3,(H,14,16);2*1H. The molecule has 1 aliphatic heterocycles. The van der Waals surface area contributed by atoms with E-state index in [1.54, 1.807) is 11.3 Å². The quantitative estimate of drug-likeness (QED) is 0.875. The summed E-state index contributed by atoms with van der Waals surface area (Å²) < 4.78 is 5.41. The Bertz CT molecular complexity index is 411. The van der Waals surface area contributed by atoms with Crippen LogP contribution in [-0.4, -0.2) is 36.7 Å². The van der Waals surface area contributed by atoms with Crippen LogP contribution in [0, 0.1) is 0 Å². The molecule has 0 aromatic carbocycles. The topological polar surface area (TPSA) is 63.2 Å². The number of hydrogen-bond donors (Lipinski definition) is 2. The molecule has 2 rings (SSSR count). The van der Waals surface area contributed by atoms with Crippen molar-refractivity contribution < 1.29 is 9.53 Å². The number of carbonyl (C=O) groups is 1. The van der Waals surface area contributed by atoms with Gasteiger partial charge in [-0.15, -0.1) is 36.2 Å². The highest BCUT2D eigenvalue weighted by Crippen LogP contribution is 2.17. The van der Waals surface area contributed by atoms with Gasteiger partial charge in [-0.3, -0.25) is 4.79 Å². The van der Waals surface area contributed by atoms with Crippen molar-refractivity contribution in [1.82, 2.24) is 15.6 Å². The highest BCUT2D eigenvalue weighted by molar-refractivity contribution is 7.09. The monoisotopic (exact) mass is 341 g/mol. The Morgan fingerprint density at radius 1 is 1.65 bits per heavy atom. The lowest BCUT2D eigenvalue weighted by Crippen LogP contribution is -2.48. The molecule has 1 saturated heterocycles. The van der Waals surface area contributed by atoms with Gasteiger partial charge in [-0.2, -0.15) is 0 Å². The van der Waals surface area contributed by atoms with Gasteiger partial charge in [0.15, 0.2) is 0 Å². The molecule has 0 spiro atoms. The van der Waals surface area contributed by atoms with Gasteiger partial charge < -0.3 is 15.4 Å². The third-order valence-corrected chi connectivity index (χ3v) is 3.91. The van der Waals surface area contributed by atoms with Crippen molar-refractivity contribution in [2.45, 2.75) is 32.4 Å². The zero-order chi connectivity index (χ0) is 13.0. The van der Waals surface area contributed by atoms with Crippen LogP contribution in [0.15, 0.2) is 5.38 Å². The summed E-state index contributed by atoms with van der Waals surface area (Å²) in [5.74, 6) is -0.0688. The van der Waals surface area contributed by atoms with Gasteiger partial charge in [-0.05, 0) is 13.3 Å². The number of nitrogens with one attached hydrogen (secondary N) is 2. The minimum atomic E-state index is -0.384. The number of thiazole rings is 1. The number of morpholine rings is 1. The maximum Gasteiger partial charge on any atom is 0.250 e. The van der Waals surface area contributed by atoms with Crippen LogP contribution in [0.5, 0.6) is 0 Å². The van der Waals surface area contributed by atoms with E-state index in [4.69, 9.17) is 4.74 Å². The third-order valence-electron chi connectivity index (χ3n) is 2.89. The van der Waals surface area contributed by atoms with Crippen LogP contribution in [0.3, 0.4) is 0 Å². The van der Waals surface area contributed by atoms with Crippen molar-refractivity contribution in [2.24, 2.45) is 0 Å². The summed E-state index contributed by atoms with van der Waals surface area (Å²) in [7, 11) is 0. The number of ether oxygens (including phenoxy) is 1. The molecule has 8 heteroatoms. The summed E-state index contributed by atoms with van der Waals surface area (Å²) in [6.07, 6.45) is 0.548. The van der Waals surface area contributed by atoms with Gasteiger partial charge >= 0.3 is 0 Å². The fourth-order valence-corrected chi connectivity index (χ4v) is 2.64. The maximum atomic E-state index is 12.0. The zero-order valence-corrected chi connectivity index (χ0v) is 14.0. The van der Waals surface area contributed by atoms with Crippen LogP contribution in [-0.2, 0) is 16.0 Å². The number of carbonyl (C=O) groups excluding carboxylic acids is 1. The highest BCUT2D eigenvalue weighted by atomic mass is 35.5. The number of hydrogen-bond acceptors (Lipinski definition) is 5. The van der Waals surface area contributed by atoms with Crippen LogP contribution in [0.25, 0.3) is 0 Å². The van der Waals surface area contributed by atoms with E-state index >= 15 is 0 Å². The third kappa shape index (κ3) is 5.18. The number of aromatic nitrogens is 1. The minimum Gasteiger partial charge on any atom is -0.366 e. The van der Waals surface area contributed by atoms with E-state index in [9.17, 15) is 4.79 Å². The van der Waals surface area contributed by atoms with Crippen molar-refractivity contribution in [3.8, 4) is 0 Å². The molecule has 2 atom stereocenters. The van der Waals surface area contributed by atoms with Gasteiger partial charge in [0.05, 0.1) is 23.4 Å². The smallest absolute Gasteiger partial charge is 0.250 e. The number of halogens is 2. The summed E-state index contributed by atoms with van der Waals surface area (Å²) in [6.45, 7) is 6.00. The molecule has 0 aliphatic carbocycles. The lowest BCUT2D eigenvalue weighted by molar-refractivity contribution is -0.134. The van der Waals surface area contributed by atoms with Crippen molar-refractivity contribution in [2.75, 3.05) is 19.7 Å². The fourth-order valence-electron chi connectivity index (χ4n) is 1.80.